The Hall–Kier alpha value is -2.77. The van der Waals surface area contributed by atoms with Crippen molar-refractivity contribution in [2.24, 2.45) is 0 Å². The van der Waals surface area contributed by atoms with Crippen LogP contribution in [-0.2, 0) is 25.6 Å². The number of nitrogens with zero attached hydrogens (tertiary/aromatic N) is 1. The van der Waals surface area contributed by atoms with Crippen molar-refractivity contribution in [2.45, 2.75) is 51.8 Å². The van der Waals surface area contributed by atoms with Crippen LogP contribution in [-0.4, -0.2) is 54.8 Å². The van der Waals surface area contributed by atoms with E-state index in [-0.39, 0.29) is 18.7 Å². The average molecular weight is 392 g/mol. The lowest BCUT2D eigenvalue weighted by Crippen LogP contribution is -2.44. The number of carbonyl (C=O) groups is 3. The van der Waals surface area contributed by atoms with Crippen LogP contribution in [0.2, 0.25) is 0 Å². The minimum atomic E-state index is -0.959. The number of carbonyl (C=O) groups excluding carboxylic acids is 3. The summed E-state index contributed by atoms with van der Waals surface area (Å²) in [4.78, 5) is 38.3. The van der Waals surface area contributed by atoms with E-state index in [4.69, 9.17) is 14.2 Å². The first-order chi connectivity index (χ1) is 13.2. The summed E-state index contributed by atoms with van der Waals surface area (Å²) in [6, 6.07) is 6.62. The lowest BCUT2D eigenvalue weighted by molar-refractivity contribution is -0.143. The van der Waals surface area contributed by atoms with Crippen molar-refractivity contribution in [3.05, 3.63) is 29.8 Å². The molecule has 0 radical (unpaired) electrons. The third kappa shape index (κ3) is 6.44. The quantitative estimate of drug-likeness (QED) is 0.773. The number of alkyl carbamates (subject to hydrolysis) is 1. The third-order valence-corrected chi connectivity index (χ3v) is 4.13. The van der Waals surface area contributed by atoms with Crippen LogP contribution in [0.25, 0.3) is 0 Å². The van der Waals surface area contributed by atoms with Crippen molar-refractivity contribution in [3.8, 4) is 5.75 Å². The number of esters is 1. The van der Waals surface area contributed by atoms with Crippen molar-refractivity contribution in [1.29, 1.82) is 0 Å². The Morgan fingerprint density at radius 2 is 1.96 bits per heavy atom. The molecule has 8 nitrogen and oxygen atoms in total. The van der Waals surface area contributed by atoms with E-state index < -0.39 is 23.7 Å². The van der Waals surface area contributed by atoms with Gasteiger partial charge in [0.15, 0.2) is 0 Å². The molecular weight excluding hydrogens is 364 g/mol. The summed E-state index contributed by atoms with van der Waals surface area (Å²) in [5.41, 5.74) is 0.241. The van der Waals surface area contributed by atoms with E-state index in [1.807, 2.05) is 24.3 Å². The summed E-state index contributed by atoms with van der Waals surface area (Å²) < 4.78 is 15.6. The van der Waals surface area contributed by atoms with Crippen molar-refractivity contribution in [2.75, 3.05) is 20.3 Å². The van der Waals surface area contributed by atoms with E-state index >= 15 is 0 Å². The molecule has 0 fully saturated rings. The topological polar surface area (TPSA) is 94.2 Å². The number of para-hydroxylation sites is 1. The highest BCUT2D eigenvalue weighted by Crippen LogP contribution is 2.23. The van der Waals surface area contributed by atoms with Gasteiger partial charge in [0.05, 0.1) is 13.7 Å². The van der Waals surface area contributed by atoms with Crippen LogP contribution in [0, 0.1) is 0 Å². The second kappa shape index (κ2) is 9.43. The zero-order valence-corrected chi connectivity index (χ0v) is 16.8. The Bertz CT molecular complexity index is 713. The summed E-state index contributed by atoms with van der Waals surface area (Å²) in [6.45, 7) is 6.47. The summed E-state index contributed by atoms with van der Waals surface area (Å²) >= 11 is 0. The highest BCUT2D eigenvalue weighted by atomic mass is 16.6. The van der Waals surface area contributed by atoms with E-state index in [0.717, 1.165) is 11.3 Å². The number of hydrogen-bond acceptors (Lipinski definition) is 6. The second-order valence-corrected chi connectivity index (χ2v) is 7.53. The first kappa shape index (κ1) is 21.5. The molecule has 1 atom stereocenters. The van der Waals surface area contributed by atoms with Gasteiger partial charge in [0.1, 0.15) is 24.0 Å². The number of nitrogens with one attached hydrogen (secondary N) is 1. The van der Waals surface area contributed by atoms with E-state index in [0.29, 0.717) is 19.7 Å². The molecule has 8 heteroatoms. The number of benzene rings is 1. The van der Waals surface area contributed by atoms with Gasteiger partial charge in [-0.15, -0.1) is 0 Å². The molecule has 1 unspecified atom stereocenters. The molecule has 2 amide bonds. The van der Waals surface area contributed by atoms with Crippen LogP contribution in [0.1, 0.15) is 39.2 Å². The minimum absolute atomic E-state index is 0.0811. The molecule has 0 aliphatic carbocycles. The first-order valence-corrected chi connectivity index (χ1v) is 9.25. The number of hydrogen-bond donors (Lipinski definition) is 1. The van der Waals surface area contributed by atoms with Gasteiger partial charge in [-0.25, -0.2) is 9.59 Å². The fourth-order valence-corrected chi connectivity index (χ4v) is 2.81. The number of amides is 2. The van der Waals surface area contributed by atoms with E-state index in [2.05, 4.69) is 5.32 Å². The van der Waals surface area contributed by atoms with E-state index in [1.165, 1.54) is 7.11 Å². The third-order valence-electron chi connectivity index (χ3n) is 4.13. The standard InChI is InChI=1S/C20H28N2O6/c1-20(2,3)28-19(25)21-15(18(24)26-4)9-10-17(23)22-11-12-27-16-8-6-5-7-14(16)13-22/h5-8,15H,9-13H2,1-4H3,(H,21,25). The number of fused-ring (bicyclic) bond motifs is 1. The van der Waals surface area contributed by atoms with Crippen molar-refractivity contribution in [1.82, 2.24) is 10.2 Å². The Labute approximate surface area is 165 Å². The molecule has 1 aliphatic rings. The first-order valence-electron chi connectivity index (χ1n) is 9.25. The molecule has 0 saturated carbocycles. The molecule has 2 rings (SSSR count). The highest BCUT2D eigenvalue weighted by Gasteiger charge is 2.27. The maximum Gasteiger partial charge on any atom is 0.408 e. The van der Waals surface area contributed by atoms with Crippen LogP contribution < -0.4 is 10.1 Å². The second-order valence-electron chi connectivity index (χ2n) is 7.53. The molecule has 28 heavy (non-hydrogen) atoms. The zero-order chi connectivity index (χ0) is 20.7. The van der Waals surface area contributed by atoms with Crippen LogP contribution in [0.3, 0.4) is 0 Å². The Morgan fingerprint density at radius 3 is 2.64 bits per heavy atom. The molecule has 0 aromatic heterocycles. The summed E-state index contributed by atoms with van der Waals surface area (Å²) in [6.07, 6.45) is -0.533. The number of methoxy groups -OCH3 is 1. The molecule has 1 aromatic rings. The normalized spacial score (nSPS) is 14.8. The predicted octanol–water partition coefficient (Wildman–Crippen LogP) is 2.25. The molecule has 1 heterocycles. The lowest BCUT2D eigenvalue weighted by atomic mass is 10.1. The smallest absolute Gasteiger partial charge is 0.408 e. The molecule has 0 saturated heterocycles. The van der Waals surface area contributed by atoms with E-state index in [9.17, 15) is 14.4 Å². The highest BCUT2D eigenvalue weighted by molar-refractivity contribution is 5.83. The molecule has 1 aromatic carbocycles. The minimum Gasteiger partial charge on any atom is -0.491 e. The molecular formula is C20H28N2O6. The predicted molar refractivity (Wildman–Crippen MR) is 102 cm³/mol. The van der Waals surface area contributed by atoms with Gasteiger partial charge in [0, 0.05) is 18.5 Å². The van der Waals surface area contributed by atoms with Gasteiger partial charge in [-0.05, 0) is 33.3 Å². The lowest BCUT2D eigenvalue weighted by Gasteiger charge is -2.24. The van der Waals surface area contributed by atoms with Crippen molar-refractivity contribution >= 4 is 18.0 Å². The summed E-state index contributed by atoms with van der Waals surface area (Å²) in [5.74, 6) is 0.0280. The molecule has 0 bridgehead atoms. The molecule has 0 spiro atoms. The van der Waals surface area contributed by atoms with Crippen LogP contribution in [0.15, 0.2) is 24.3 Å². The fraction of sp³-hybridized carbons (Fsp3) is 0.550. The molecule has 154 valence electrons. The molecule has 1 aliphatic heterocycles. The number of rotatable bonds is 5. The number of ether oxygens (including phenoxy) is 3. The Balaban J connectivity index is 1.95. The average Bonchev–Trinajstić information content (AvgIpc) is 2.85. The van der Waals surface area contributed by atoms with E-state index in [1.54, 1.807) is 25.7 Å². The van der Waals surface area contributed by atoms with Gasteiger partial charge in [0.2, 0.25) is 5.91 Å². The summed E-state index contributed by atoms with van der Waals surface area (Å²) in [5, 5.41) is 2.48. The van der Waals surface area contributed by atoms with Crippen molar-refractivity contribution < 1.29 is 28.6 Å². The maximum atomic E-state index is 12.7. The monoisotopic (exact) mass is 392 g/mol. The van der Waals surface area contributed by atoms with Gasteiger partial charge in [-0.1, -0.05) is 18.2 Å². The largest absolute Gasteiger partial charge is 0.491 e. The van der Waals surface area contributed by atoms with Gasteiger partial charge in [0.25, 0.3) is 0 Å². The summed E-state index contributed by atoms with van der Waals surface area (Å²) in [7, 11) is 1.23. The Kier molecular flexibility index (Phi) is 7.25. The zero-order valence-electron chi connectivity index (χ0n) is 16.8. The molecule has 1 N–H and O–H groups in total. The van der Waals surface area contributed by atoms with Crippen LogP contribution in [0.4, 0.5) is 4.79 Å². The van der Waals surface area contributed by atoms with Gasteiger partial charge >= 0.3 is 12.1 Å². The maximum absolute atomic E-state index is 12.7. The van der Waals surface area contributed by atoms with Gasteiger partial charge in [-0.2, -0.15) is 0 Å². The Morgan fingerprint density at radius 1 is 1.25 bits per heavy atom. The van der Waals surface area contributed by atoms with Gasteiger partial charge < -0.3 is 24.4 Å². The van der Waals surface area contributed by atoms with Crippen LogP contribution in [0.5, 0.6) is 5.75 Å². The van der Waals surface area contributed by atoms with Gasteiger partial charge in [-0.3, -0.25) is 4.79 Å². The van der Waals surface area contributed by atoms with Crippen molar-refractivity contribution in [3.63, 3.8) is 0 Å². The SMILES string of the molecule is COC(=O)C(CCC(=O)N1CCOc2ccccc2C1)NC(=O)OC(C)(C)C. The van der Waals surface area contributed by atoms with Crippen LogP contribution >= 0.6 is 0 Å². The fourth-order valence-electron chi connectivity index (χ4n) is 2.81.